The summed E-state index contributed by atoms with van der Waals surface area (Å²) >= 11 is 0. The molecule has 1 aliphatic heterocycles. The molecular formula is C18H21N3O4S. The topological polar surface area (TPSA) is 88.6 Å². The summed E-state index contributed by atoms with van der Waals surface area (Å²) in [6.07, 6.45) is 2.05. The van der Waals surface area contributed by atoms with E-state index in [0.29, 0.717) is 6.42 Å². The maximum Gasteiger partial charge on any atom is 0.272 e. The Kier molecular flexibility index (Phi) is 5.13. The average molecular weight is 375 g/mol. The van der Waals surface area contributed by atoms with E-state index in [9.17, 15) is 13.2 Å². The van der Waals surface area contributed by atoms with E-state index in [2.05, 4.69) is 10.3 Å². The molecule has 1 atom stereocenters. The Bertz CT molecular complexity index is 897. The van der Waals surface area contributed by atoms with Crippen LogP contribution in [0.3, 0.4) is 0 Å². The number of carbonyl (C=O) groups is 1. The van der Waals surface area contributed by atoms with E-state index >= 15 is 0 Å². The summed E-state index contributed by atoms with van der Waals surface area (Å²) < 4.78 is 28.4. The highest BCUT2D eigenvalue weighted by atomic mass is 32.2. The molecule has 0 aliphatic carbocycles. The molecule has 26 heavy (non-hydrogen) atoms. The predicted octanol–water partition coefficient (Wildman–Crippen LogP) is 2.09. The number of amides is 1. The number of hydrogen-bond acceptors (Lipinski definition) is 6. The second kappa shape index (κ2) is 7.33. The van der Waals surface area contributed by atoms with Crippen LogP contribution in [-0.2, 0) is 9.84 Å². The minimum Gasteiger partial charge on any atom is -0.497 e. The van der Waals surface area contributed by atoms with Crippen molar-refractivity contribution in [3.8, 4) is 5.75 Å². The van der Waals surface area contributed by atoms with Crippen LogP contribution in [0.5, 0.6) is 5.75 Å². The van der Waals surface area contributed by atoms with Crippen molar-refractivity contribution < 1.29 is 17.9 Å². The molecule has 1 unspecified atom stereocenters. The molecule has 1 aromatic carbocycles. The summed E-state index contributed by atoms with van der Waals surface area (Å²) in [6, 6.07) is 10.6. The van der Waals surface area contributed by atoms with Crippen molar-refractivity contribution in [3.63, 3.8) is 0 Å². The zero-order chi connectivity index (χ0) is 18.7. The molecule has 1 aliphatic rings. The van der Waals surface area contributed by atoms with E-state index in [1.54, 1.807) is 32.5 Å². The first-order chi connectivity index (χ1) is 12.4. The molecule has 1 fully saturated rings. The first-order valence-electron chi connectivity index (χ1n) is 8.23. The van der Waals surface area contributed by atoms with Crippen LogP contribution in [-0.4, -0.2) is 55.9 Å². The van der Waals surface area contributed by atoms with Gasteiger partial charge in [-0.25, -0.2) is 13.4 Å². The van der Waals surface area contributed by atoms with Crippen molar-refractivity contribution in [3.05, 3.63) is 48.3 Å². The number of nitrogens with one attached hydrogen (secondary N) is 1. The Morgan fingerprint density at radius 3 is 2.69 bits per heavy atom. The van der Waals surface area contributed by atoms with Gasteiger partial charge in [0, 0.05) is 24.8 Å². The third-order valence-corrected chi connectivity index (χ3v) is 6.17. The van der Waals surface area contributed by atoms with Crippen molar-refractivity contribution in [2.45, 2.75) is 12.5 Å². The maximum atomic E-state index is 12.5. The molecule has 7 nitrogen and oxygen atoms in total. The number of benzene rings is 1. The first-order valence-corrected chi connectivity index (χ1v) is 10.0. The van der Waals surface area contributed by atoms with E-state index in [-0.39, 0.29) is 29.1 Å². The molecule has 0 radical (unpaired) electrons. The lowest BCUT2D eigenvalue weighted by Gasteiger charge is -2.23. The number of nitrogens with zero attached hydrogens (tertiary/aromatic N) is 2. The van der Waals surface area contributed by atoms with Gasteiger partial charge >= 0.3 is 0 Å². The third kappa shape index (κ3) is 4.13. The van der Waals surface area contributed by atoms with Gasteiger partial charge in [0.2, 0.25) is 0 Å². The molecule has 2 heterocycles. The highest BCUT2D eigenvalue weighted by Gasteiger charge is 2.33. The van der Waals surface area contributed by atoms with Crippen LogP contribution in [0.1, 0.15) is 16.9 Å². The number of ether oxygens (including phenoxy) is 1. The molecule has 8 heteroatoms. The van der Waals surface area contributed by atoms with Crippen LogP contribution in [0.15, 0.2) is 42.6 Å². The molecule has 0 spiro atoms. The largest absolute Gasteiger partial charge is 0.497 e. The number of aromatic nitrogens is 1. The van der Waals surface area contributed by atoms with Gasteiger partial charge < -0.3 is 15.0 Å². The monoisotopic (exact) mass is 375 g/mol. The van der Waals surface area contributed by atoms with Crippen molar-refractivity contribution in [1.29, 1.82) is 0 Å². The Hall–Kier alpha value is -2.61. The molecular weight excluding hydrogens is 354 g/mol. The smallest absolute Gasteiger partial charge is 0.272 e. The van der Waals surface area contributed by atoms with Crippen molar-refractivity contribution in [2.24, 2.45) is 0 Å². The predicted molar refractivity (Wildman–Crippen MR) is 99.7 cm³/mol. The van der Waals surface area contributed by atoms with Gasteiger partial charge in [0.15, 0.2) is 9.84 Å². The van der Waals surface area contributed by atoms with Gasteiger partial charge in [0.05, 0.1) is 30.5 Å². The Balaban J connectivity index is 1.67. The molecule has 2 aromatic rings. The van der Waals surface area contributed by atoms with Gasteiger partial charge in [-0.3, -0.25) is 4.79 Å². The summed E-state index contributed by atoms with van der Waals surface area (Å²) in [6.45, 7) is 0. The molecule has 1 amide bonds. The molecule has 0 bridgehead atoms. The van der Waals surface area contributed by atoms with Crippen molar-refractivity contribution in [1.82, 2.24) is 9.88 Å². The van der Waals surface area contributed by atoms with Crippen LogP contribution in [0.4, 0.5) is 11.4 Å². The Morgan fingerprint density at radius 1 is 1.27 bits per heavy atom. The lowest BCUT2D eigenvalue weighted by Crippen LogP contribution is -2.38. The van der Waals surface area contributed by atoms with Gasteiger partial charge in [0.1, 0.15) is 11.4 Å². The van der Waals surface area contributed by atoms with Gasteiger partial charge in [-0.1, -0.05) is 6.07 Å². The van der Waals surface area contributed by atoms with E-state index in [1.807, 2.05) is 24.3 Å². The standard InChI is InChI=1S/C18H21N3O4S/c1-21(15-8-9-26(23,24)12-15)18(22)17-7-6-14(11-19-17)20-13-4-3-5-16(10-13)25-2/h3-7,10-11,15,20H,8-9,12H2,1-2H3. The van der Waals surface area contributed by atoms with Gasteiger partial charge in [-0.05, 0) is 30.7 Å². The summed E-state index contributed by atoms with van der Waals surface area (Å²) in [7, 11) is 0.189. The molecule has 0 saturated carbocycles. The van der Waals surface area contributed by atoms with E-state index in [1.165, 1.54) is 4.90 Å². The van der Waals surface area contributed by atoms with E-state index in [0.717, 1.165) is 17.1 Å². The zero-order valence-electron chi connectivity index (χ0n) is 14.7. The highest BCUT2D eigenvalue weighted by Crippen LogP contribution is 2.22. The third-order valence-electron chi connectivity index (χ3n) is 4.42. The van der Waals surface area contributed by atoms with Crippen LogP contribution in [0.2, 0.25) is 0 Å². The second-order valence-corrected chi connectivity index (χ2v) is 8.49. The normalized spacial score (nSPS) is 18.3. The molecule has 1 aromatic heterocycles. The fourth-order valence-electron chi connectivity index (χ4n) is 2.89. The minimum atomic E-state index is -3.04. The maximum absolute atomic E-state index is 12.5. The summed E-state index contributed by atoms with van der Waals surface area (Å²) in [5, 5.41) is 3.19. The highest BCUT2D eigenvalue weighted by molar-refractivity contribution is 7.91. The number of anilines is 2. The molecule has 1 N–H and O–H groups in total. The molecule has 3 rings (SSSR count). The van der Waals surface area contributed by atoms with E-state index < -0.39 is 9.84 Å². The van der Waals surface area contributed by atoms with Gasteiger partial charge in [0.25, 0.3) is 5.91 Å². The first kappa shape index (κ1) is 18.2. The Morgan fingerprint density at radius 2 is 2.08 bits per heavy atom. The average Bonchev–Trinajstić information content (AvgIpc) is 3.01. The van der Waals surface area contributed by atoms with E-state index in [4.69, 9.17) is 4.74 Å². The fraction of sp³-hybridized carbons (Fsp3) is 0.333. The van der Waals surface area contributed by atoms with Gasteiger partial charge in [-0.2, -0.15) is 0 Å². The van der Waals surface area contributed by atoms with Crippen LogP contribution in [0, 0.1) is 0 Å². The van der Waals surface area contributed by atoms with Crippen LogP contribution >= 0.6 is 0 Å². The number of carbonyl (C=O) groups excluding carboxylic acids is 1. The quantitative estimate of drug-likeness (QED) is 0.861. The summed E-state index contributed by atoms with van der Waals surface area (Å²) in [5.41, 5.74) is 1.87. The fourth-order valence-corrected chi connectivity index (χ4v) is 4.66. The number of methoxy groups -OCH3 is 1. The number of hydrogen-bond donors (Lipinski definition) is 1. The SMILES string of the molecule is COc1cccc(Nc2ccc(C(=O)N(C)C3CCS(=O)(=O)C3)nc2)c1. The second-order valence-electron chi connectivity index (χ2n) is 6.26. The number of rotatable bonds is 5. The lowest BCUT2D eigenvalue weighted by atomic mass is 10.2. The lowest BCUT2D eigenvalue weighted by molar-refractivity contribution is 0.0742. The number of sulfone groups is 1. The zero-order valence-corrected chi connectivity index (χ0v) is 15.5. The minimum absolute atomic E-state index is 0.0186. The van der Waals surface area contributed by atoms with Crippen LogP contribution in [0.25, 0.3) is 0 Å². The Labute approximate surface area is 152 Å². The molecule has 138 valence electrons. The summed E-state index contributed by atoms with van der Waals surface area (Å²) in [4.78, 5) is 18.2. The number of pyridine rings is 1. The van der Waals surface area contributed by atoms with Gasteiger partial charge in [-0.15, -0.1) is 0 Å². The molecule has 1 saturated heterocycles. The van der Waals surface area contributed by atoms with Crippen molar-refractivity contribution >= 4 is 27.1 Å². The van der Waals surface area contributed by atoms with Crippen LogP contribution < -0.4 is 10.1 Å². The summed E-state index contributed by atoms with van der Waals surface area (Å²) in [5.74, 6) is 0.611. The van der Waals surface area contributed by atoms with Crippen molar-refractivity contribution in [2.75, 3.05) is 31.0 Å².